The fraction of sp³-hybridized carbons (Fsp3) is 0.333. The minimum absolute atomic E-state index is 0.0205. The Kier molecular flexibility index (Phi) is 4.21. The Morgan fingerprint density at radius 2 is 1.81 bits per heavy atom. The molecule has 0 bridgehead atoms. The monoisotopic (exact) mass is 399 g/mol. The molecule has 0 saturated carbocycles. The van der Waals surface area contributed by atoms with E-state index in [2.05, 4.69) is 5.32 Å². The van der Waals surface area contributed by atoms with Crippen LogP contribution in [0.5, 0.6) is 5.75 Å². The first-order valence-electron chi connectivity index (χ1n) is 8.23. The zero-order valence-corrected chi connectivity index (χ0v) is 15.2. The standard InChI is InChI=1S/C18H16ClF2NO3S/c19-11-2-4-12(5-3-11)26(23,24)18-8-1-9-22-15(18)10-25-17-14(21)7-6-13(20)16(17)18/h2-7,15,22H,1,8-10H2/t15-,18+/m1/s1. The van der Waals surface area contributed by atoms with Crippen molar-refractivity contribution in [2.75, 3.05) is 13.2 Å². The van der Waals surface area contributed by atoms with Crippen molar-refractivity contribution in [2.24, 2.45) is 0 Å². The number of fused-ring (bicyclic) bond motifs is 3. The molecule has 2 aliphatic heterocycles. The molecular formula is C18H16ClF2NO3S. The lowest BCUT2D eigenvalue weighted by Gasteiger charge is -2.47. The molecule has 0 unspecified atom stereocenters. The highest BCUT2D eigenvalue weighted by Gasteiger charge is 2.58. The highest BCUT2D eigenvalue weighted by atomic mass is 35.5. The Balaban J connectivity index is 2.02. The predicted molar refractivity (Wildman–Crippen MR) is 93.2 cm³/mol. The first kappa shape index (κ1) is 17.7. The summed E-state index contributed by atoms with van der Waals surface area (Å²) in [5.74, 6) is -1.87. The van der Waals surface area contributed by atoms with Crippen LogP contribution in [0.2, 0.25) is 5.02 Å². The van der Waals surface area contributed by atoms with Gasteiger partial charge in [0, 0.05) is 5.02 Å². The average Bonchev–Trinajstić information content (AvgIpc) is 2.64. The molecule has 2 aliphatic rings. The zero-order chi connectivity index (χ0) is 18.5. The van der Waals surface area contributed by atoms with E-state index in [4.69, 9.17) is 16.3 Å². The lowest BCUT2D eigenvalue weighted by atomic mass is 9.81. The third-order valence-corrected chi connectivity index (χ3v) is 7.95. The van der Waals surface area contributed by atoms with Gasteiger partial charge in [-0.05, 0) is 55.8 Å². The van der Waals surface area contributed by atoms with E-state index >= 15 is 0 Å². The van der Waals surface area contributed by atoms with Crippen molar-refractivity contribution in [2.45, 2.75) is 28.5 Å². The molecule has 2 atom stereocenters. The summed E-state index contributed by atoms with van der Waals surface area (Å²) in [6.07, 6.45) is 0.686. The van der Waals surface area contributed by atoms with Crippen molar-refractivity contribution in [3.63, 3.8) is 0 Å². The molecule has 8 heteroatoms. The molecule has 0 amide bonds. The van der Waals surface area contributed by atoms with E-state index in [9.17, 15) is 17.2 Å². The number of ether oxygens (including phenoxy) is 1. The predicted octanol–water partition coefficient (Wildman–Crippen LogP) is 3.43. The number of hydrogen-bond acceptors (Lipinski definition) is 4. The third kappa shape index (κ3) is 2.37. The summed E-state index contributed by atoms with van der Waals surface area (Å²) < 4.78 is 60.2. The number of piperidine rings is 1. The summed E-state index contributed by atoms with van der Waals surface area (Å²) in [5.41, 5.74) is -0.226. The number of halogens is 3. The van der Waals surface area contributed by atoms with Crippen LogP contribution in [0.25, 0.3) is 0 Å². The highest BCUT2D eigenvalue weighted by molar-refractivity contribution is 7.92. The first-order valence-corrected chi connectivity index (χ1v) is 10.1. The second-order valence-corrected chi connectivity index (χ2v) is 9.14. The maximum atomic E-state index is 14.8. The molecule has 4 nitrogen and oxygen atoms in total. The van der Waals surface area contributed by atoms with E-state index in [1.165, 1.54) is 24.3 Å². The van der Waals surface area contributed by atoms with Crippen LogP contribution in [0.3, 0.4) is 0 Å². The Morgan fingerprint density at radius 3 is 2.54 bits per heavy atom. The lowest BCUT2D eigenvalue weighted by Crippen LogP contribution is -2.61. The lowest BCUT2D eigenvalue weighted by molar-refractivity contribution is 0.157. The van der Waals surface area contributed by atoms with Gasteiger partial charge in [0.25, 0.3) is 0 Å². The smallest absolute Gasteiger partial charge is 0.190 e. The van der Waals surface area contributed by atoms with Crippen molar-refractivity contribution in [1.29, 1.82) is 0 Å². The van der Waals surface area contributed by atoms with E-state index in [0.29, 0.717) is 18.0 Å². The number of hydrogen-bond donors (Lipinski definition) is 1. The van der Waals surface area contributed by atoms with Gasteiger partial charge in [0.2, 0.25) is 0 Å². The van der Waals surface area contributed by atoms with Crippen molar-refractivity contribution in [3.05, 3.63) is 58.6 Å². The topological polar surface area (TPSA) is 55.4 Å². The van der Waals surface area contributed by atoms with E-state index < -0.39 is 32.3 Å². The van der Waals surface area contributed by atoms with Gasteiger partial charge in [0.05, 0.1) is 16.5 Å². The van der Waals surface area contributed by atoms with Gasteiger partial charge in [-0.2, -0.15) is 0 Å². The molecule has 1 fully saturated rings. The van der Waals surface area contributed by atoms with Gasteiger partial charge in [-0.1, -0.05) is 11.6 Å². The largest absolute Gasteiger partial charge is 0.488 e. The van der Waals surface area contributed by atoms with Crippen molar-refractivity contribution in [3.8, 4) is 5.75 Å². The molecule has 0 spiro atoms. The molecule has 1 saturated heterocycles. The molecule has 2 heterocycles. The van der Waals surface area contributed by atoms with Crippen LogP contribution < -0.4 is 10.1 Å². The van der Waals surface area contributed by atoms with Gasteiger partial charge in [0.15, 0.2) is 21.4 Å². The molecule has 2 aromatic rings. The summed E-state index contributed by atoms with van der Waals surface area (Å²) in [5, 5.41) is 3.51. The van der Waals surface area contributed by atoms with Crippen molar-refractivity contribution in [1.82, 2.24) is 5.32 Å². The summed E-state index contributed by atoms with van der Waals surface area (Å²) in [6, 6.07) is 6.95. The van der Waals surface area contributed by atoms with Crippen LogP contribution in [-0.2, 0) is 14.6 Å². The number of benzene rings is 2. The number of rotatable bonds is 2. The Hall–Kier alpha value is -1.70. The summed E-state index contributed by atoms with van der Waals surface area (Å²) in [4.78, 5) is 0.0205. The molecule has 0 radical (unpaired) electrons. The third-order valence-electron chi connectivity index (χ3n) is 5.16. The van der Waals surface area contributed by atoms with Gasteiger partial charge in [-0.3, -0.25) is 0 Å². The minimum atomic E-state index is -4.06. The van der Waals surface area contributed by atoms with Crippen LogP contribution in [0.1, 0.15) is 18.4 Å². The van der Waals surface area contributed by atoms with E-state index in [0.717, 1.165) is 12.1 Å². The summed E-state index contributed by atoms with van der Waals surface area (Å²) in [6.45, 7) is 0.526. The van der Waals surface area contributed by atoms with E-state index in [-0.39, 0.29) is 29.2 Å². The molecule has 0 aliphatic carbocycles. The van der Waals surface area contributed by atoms with E-state index in [1.54, 1.807) is 0 Å². The SMILES string of the molecule is O=S(=O)(c1ccc(Cl)cc1)[C@@]12CCCN[C@@H]1COc1c(F)ccc(F)c12. The summed E-state index contributed by atoms with van der Waals surface area (Å²) >= 11 is 5.87. The Morgan fingerprint density at radius 1 is 1.12 bits per heavy atom. The molecule has 1 N–H and O–H groups in total. The molecule has 26 heavy (non-hydrogen) atoms. The highest BCUT2D eigenvalue weighted by Crippen LogP contribution is 2.51. The van der Waals surface area contributed by atoms with Gasteiger partial charge in [-0.25, -0.2) is 17.2 Å². The average molecular weight is 400 g/mol. The van der Waals surface area contributed by atoms with Gasteiger partial charge in [-0.15, -0.1) is 0 Å². The Labute approximate surface area is 155 Å². The maximum Gasteiger partial charge on any atom is 0.190 e. The quantitative estimate of drug-likeness (QED) is 0.840. The van der Waals surface area contributed by atoms with Gasteiger partial charge in [0.1, 0.15) is 17.2 Å². The molecular weight excluding hydrogens is 384 g/mol. The zero-order valence-electron chi connectivity index (χ0n) is 13.6. The fourth-order valence-electron chi connectivity index (χ4n) is 3.97. The molecule has 4 rings (SSSR count). The van der Waals surface area contributed by atoms with Crippen molar-refractivity contribution < 1.29 is 21.9 Å². The normalized spacial score (nSPS) is 25.1. The second kappa shape index (κ2) is 6.18. The molecule has 138 valence electrons. The maximum absolute atomic E-state index is 14.8. The molecule has 2 aromatic carbocycles. The van der Waals surface area contributed by atoms with Crippen LogP contribution in [0.15, 0.2) is 41.3 Å². The van der Waals surface area contributed by atoms with Crippen LogP contribution >= 0.6 is 11.6 Å². The van der Waals surface area contributed by atoms with Gasteiger partial charge >= 0.3 is 0 Å². The van der Waals surface area contributed by atoms with Crippen LogP contribution in [0.4, 0.5) is 8.78 Å². The van der Waals surface area contributed by atoms with Gasteiger partial charge < -0.3 is 10.1 Å². The second-order valence-electron chi connectivity index (χ2n) is 6.50. The molecule has 0 aromatic heterocycles. The summed E-state index contributed by atoms with van der Waals surface area (Å²) in [7, 11) is -4.06. The van der Waals surface area contributed by atoms with E-state index in [1.807, 2.05) is 0 Å². The van der Waals surface area contributed by atoms with Crippen molar-refractivity contribution >= 4 is 21.4 Å². The first-order chi connectivity index (χ1) is 12.4. The van der Waals surface area contributed by atoms with Crippen LogP contribution in [-0.4, -0.2) is 27.6 Å². The minimum Gasteiger partial charge on any atom is -0.488 e. The number of sulfone groups is 1. The number of nitrogens with one attached hydrogen (secondary N) is 1. The van der Waals surface area contributed by atoms with Crippen LogP contribution in [0, 0.1) is 11.6 Å². The fourth-order valence-corrected chi connectivity index (χ4v) is 6.41. The Bertz CT molecular complexity index is 965.